The number of hydrogen-bond acceptors (Lipinski definition) is 4. The number of anilines is 1. The van der Waals surface area contributed by atoms with Gasteiger partial charge in [-0.3, -0.25) is 13.9 Å². The number of nitrogens with zero attached hydrogens (tertiary/aromatic N) is 2. The van der Waals surface area contributed by atoms with Crippen molar-refractivity contribution < 1.29 is 18.0 Å². The second-order valence-corrected chi connectivity index (χ2v) is 14.3. The lowest BCUT2D eigenvalue weighted by molar-refractivity contribution is -0.140. The van der Waals surface area contributed by atoms with Crippen molar-refractivity contribution in [3.05, 3.63) is 129 Å². The van der Waals surface area contributed by atoms with E-state index in [0.29, 0.717) is 17.0 Å². The van der Waals surface area contributed by atoms with Crippen LogP contribution < -0.4 is 9.62 Å². The van der Waals surface area contributed by atoms with Crippen LogP contribution in [-0.2, 0) is 32.6 Å². The minimum atomic E-state index is -4.29. The summed E-state index contributed by atoms with van der Waals surface area (Å²) >= 11 is 18.9. The minimum Gasteiger partial charge on any atom is -0.352 e. The number of rotatable bonds is 13. The maximum atomic E-state index is 14.6. The van der Waals surface area contributed by atoms with Gasteiger partial charge in [-0.2, -0.15) is 0 Å². The fourth-order valence-electron chi connectivity index (χ4n) is 4.88. The molecule has 46 heavy (non-hydrogen) atoms. The monoisotopic (exact) mass is 699 g/mol. The van der Waals surface area contributed by atoms with Gasteiger partial charge in [0.2, 0.25) is 11.8 Å². The molecular weight excluding hydrogens is 665 g/mol. The van der Waals surface area contributed by atoms with Crippen LogP contribution in [0, 0.1) is 6.92 Å². The highest BCUT2D eigenvalue weighted by molar-refractivity contribution is 7.92. The van der Waals surface area contributed by atoms with Crippen molar-refractivity contribution in [3.63, 3.8) is 0 Å². The highest BCUT2D eigenvalue weighted by atomic mass is 35.5. The first-order chi connectivity index (χ1) is 21.9. The summed E-state index contributed by atoms with van der Waals surface area (Å²) in [6.07, 6.45) is 0.882. The van der Waals surface area contributed by atoms with E-state index in [0.717, 1.165) is 15.4 Å². The van der Waals surface area contributed by atoms with Crippen LogP contribution in [0.5, 0.6) is 0 Å². The van der Waals surface area contributed by atoms with E-state index in [1.54, 1.807) is 36.4 Å². The quantitative estimate of drug-likeness (QED) is 0.155. The van der Waals surface area contributed by atoms with Crippen LogP contribution in [-0.4, -0.2) is 43.8 Å². The van der Waals surface area contributed by atoms with Crippen LogP contribution in [0.15, 0.2) is 102 Å². The molecule has 7 nitrogen and oxygen atoms in total. The first-order valence-electron chi connectivity index (χ1n) is 14.8. The molecule has 0 heterocycles. The third-order valence-electron chi connectivity index (χ3n) is 7.54. The summed E-state index contributed by atoms with van der Waals surface area (Å²) in [4.78, 5) is 29.9. The van der Waals surface area contributed by atoms with Gasteiger partial charge in [0, 0.05) is 34.1 Å². The molecule has 0 bridgehead atoms. The molecule has 0 spiro atoms. The number of amides is 2. The normalized spacial score (nSPS) is 12.7. The highest BCUT2D eigenvalue weighted by Crippen LogP contribution is 2.30. The van der Waals surface area contributed by atoms with E-state index in [1.165, 1.54) is 35.2 Å². The van der Waals surface area contributed by atoms with Crippen molar-refractivity contribution in [3.8, 4) is 0 Å². The van der Waals surface area contributed by atoms with E-state index in [9.17, 15) is 18.0 Å². The molecule has 0 fully saturated rings. The summed E-state index contributed by atoms with van der Waals surface area (Å²) in [7, 11) is -4.29. The number of carbonyl (C=O) groups excluding carboxylic acids is 2. The van der Waals surface area contributed by atoms with E-state index in [2.05, 4.69) is 5.32 Å². The Bertz CT molecular complexity index is 1750. The number of halogens is 3. The van der Waals surface area contributed by atoms with Crippen molar-refractivity contribution >= 4 is 62.3 Å². The fraction of sp³-hybridized carbons (Fsp3) is 0.257. The van der Waals surface area contributed by atoms with Crippen LogP contribution in [0.25, 0.3) is 0 Å². The molecule has 0 aromatic heterocycles. The van der Waals surface area contributed by atoms with E-state index in [1.807, 2.05) is 51.1 Å². The number of hydrogen-bond donors (Lipinski definition) is 1. The lowest BCUT2D eigenvalue weighted by Gasteiger charge is -2.34. The number of nitrogens with one attached hydrogen (secondary N) is 1. The maximum absolute atomic E-state index is 14.6. The van der Waals surface area contributed by atoms with Gasteiger partial charge in [-0.1, -0.05) is 102 Å². The van der Waals surface area contributed by atoms with Crippen LogP contribution in [0.2, 0.25) is 15.1 Å². The summed E-state index contributed by atoms with van der Waals surface area (Å²) in [5, 5.41) is 3.88. The molecule has 0 aliphatic carbocycles. The zero-order valence-corrected chi connectivity index (χ0v) is 28.9. The Hall–Kier alpha value is -3.56. The van der Waals surface area contributed by atoms with E-state index < -0.39 is 28.5 Å². The van der Waals surface area contributed by atoms with Gasteiger partial charge >= 0.3 is 0 Å². The highest BCUT2D eigenvalue weighted by Gasteiger charge is 2.35. The summed E-state index contributed by atoms with van der Waals surface area (Å²) in [6, 6.07) is 25.9. The first-order valence-corrected chi connectivity index (χ1v) is 17.4. The summed E-state index contributed by atoms with van der Waals surface area (Å²) in [5.41, 5.74) is 2.49. The van der Waals surface area contributed by atoms with Crippen molar-refractivity contribution in [1.82, 2.24) is 10.2 Å². The number of carbonyl (C=O) groups is 2. The molecule has 0 saturated carbocycles. The second-order valence-electron chi connectivity index (χ2n) is 11.1. The third-order valence-corrected chi connectivity index (χ3v) is 10.00. The van der Waals surface area contributed by atoms with Crippen LogP contribution in [0.4, 0.5) is 5.69 Å². The van der Waals surface area contributed by atoms with Gasteiger partial charge in [0.05, 0.1) is 10.6 Å². The molecular formula is C35H36Cl3N3O4S. The third kappa shape index (κ3) is 9.26. The van der Waals surface area contributed by atoms with Crippen molar-refractivity contribution in [2.75, 3.05) is 10.8 Å². The topological polar surface area (TPSA) is 86.8 Å². The molecule has 242 valence electrons. The lowest BCUT2D eigenvalue weighted by atomic mass is 10.0. The van der Waals surface area contributed by atoms with Crippen LogP contribution in [0.3, 0.4) is 0 Å². The van der Waals surface area contributed by atoms with Crippen molar-refractivity contribution in [2.45, 2.75) is 57.1 Å². The number of aryl methyl sites for hydroxylation is 1. The summed E-state index contributed by atoms with van der Waals surface area (Å²) in [6.45, 7) is 5.06. The predicted molar refractivity (Wildman–Crippen MR) is 186 cm³/mol. The van der Waals surface area contributed by atoms with Gasteiger partial charge < -0.3 is 10.2 Å². The zero-order chi connectivity index (χ0) is 33.4. The Morgan fingerprint density at radius 1 is 0.804 bits per heavy atom. The fourth-order valence-corrected chi connectivity index (χ4v) is 7.00. The van der Waals surface area contributed by atoms with Gasteiger partial charge in [0.25, 0.3) is 10.0 Å². The van der Waals surface area contributed by atoms with E-state index in [4.69, 9.17) is 34.8 Å². The molecule has 2 amide bonds. The van der Waals surface area contributed by atoms with Crippen molar-refractivity contribution in [1.29, 1.82) is 0 Å². The second kappa shape index (κ2) is 15.8. The Kier molecular flexibility index (Phi) is 12.1. The van der Waals surface area contributed by atoms with Crippen LogP contribution in [0.1, 0.15) is 37.0 Å². The molecule has 0 aliphatic heterocycles. The van der Waals surface area contributed by atoms with E-state index >= 15 is 0 Å². The van der Waals surface area contributed by atoms with Gasteiger partial charge in [-0.15, -0.1) is 0 Å². The molecule has 0 saturated heterocycles. The molecule has 4 aromatic rings. The number of sulfonamides is 1. The maximum Gasteiger partial charge on any atom is 0.264 e. The molecule has 1 N–H and O–H groups in total. The summed E-state index contributed by atoms with van der Waals surface area (Å²) in [5.74, 6) is -0.959. The minimum absolute atomic E-state index is 0.000455. The SMILES string of the molecule is CC[C@H](C)NC(=O)[C@@H](Cc1ccccc1)N(Cc1cccc(Cl)c1)C(=O)CN(c1cc(Cl)cc(Cl)c1)S(=O)(=O)c1ccc(C)cc1. The average Bonchev–Trinajstić information content (AvgIpc) is 3.01. The lowest BCUT2D eigenvalue weighted by Crippen LogP contribution is -2.54. The average molecular weight is 701 g/mol. The Labute approximate surface area is 286 Å². The Morgan fingerprint density at radius 2 is 1.43 bits per heavy atom. The smallest absolute Gasteiger partial charge is 0.264 e. The zero-order valence-electron chi connectivity index (χ0n) is 25.8. The Morgan fingerprint density at radius 3 is 2.04 bits per heavy atom. The Balaban J connectivity index is 1.83. The van der Waals surface area contributed by atoms with Crippen LogP contribution >= 0.6 is 34.8 Å². The molecule has 0 radical (unpaired) electrons. The molecule has 0 aliphatic rings. The molecule has 0 unspecified atom stereocenters. The largest absolute Gasteiger partial charge is 0.352 e. The van der Waals surface area contributed by atoms with Gasteiger partial charge in [0.1, 0.15) is 12.6 Å². The molecule has 11 heteroatoms. The molecule has 4 rings (SSSR count). The molecule has 2 atom stereocenters. The van der Waals surface area contributed by atoms with Gasteiger partial charge in [0.15, 0.2) is 0 Å². The number of benzene rings is 4. The van der Waals surface area contributed by atoms with Gasteiger partial charge in [-0.25, -0.2) is 8.42 Å². The predicted octanol–water partition coefficient (Wildman–Crippen LogP) is 7.71. The first kappa shape index (κ1) is 35.3. The summed E-state index contributed by atoms with van der Waals surface area (Å²) < 4.78 is 29.3. The van der Waals surface area contributed by atoms with Gasteiger partial charge in [-0.05, 0) is 73.9 Å². The van der Waals surface area contributed by atoms with Crippen molar-refractivity contribution in [2.24, 2.45) is 0 Å². The van der Waals surface area contributed by atoms with E-state index in [-0.39, 0.29) is 45.5 Å². The molecule has 4 aromatic carbocycles. The standard InChI is InChI=1S/C35H36Cl3N3O4S/c1-4-25(3)39-35(43)33(18-26-9-6-5-7-10-26)40(22-27-11-8-12-28(36)17-27)34(42)23-41(31-20-29(37)19-30(38)21-31)46(44,45)32-15-13-24(2)14-16-32/h5-17,19-21,25,33H,4,18,22-23H2,1-3H3,(H,39,43)/t25-,33+/m0/s1.